The van der Waals surface area contributed by atoms with Gasteiger partial charge in [-0.15, -0.1) is 0 Å². The minimum Gasteiger partial charge on any atom is -0.352 e. The Morgan fingerprint density at radius 2 is 2.29 bits per heavy atom. The molecule has 1 heterocycles. The Morgan fingerprint density at radius 1 is 1.50 bits per heavy atom. The predicted molar refractivity (Wildman–Crippen MR) is 53.8 cm³/mol. The first kappa shape index (κ1) is 10.6. The highest BCUT2D eigenvalue weighted by Gasteiger charge is 2.04. The number of carbonyl (C=O) groups excluding carboxylic acids is 1. The van der Waals surface area contributed by atoms with Gasteiger partial charge >= 0.3 is 0 Å². The van der Waals surface area contributed by atoms with Crippen molar-refractivity contribution in [3.8, 4) is 0 Å². The van der Waals surface area contributed by atoms with E-state index in [1.165, 1.54) is 12.4 Å². The molecule has 0 aliphatic rings. The topological polar surface area (TPSA) is 54.9 Å². The SMILES string of the molecule is CC(C)CCNC(=O)c1ccnnc1. The summed E-state index contributed by atoms with van der Waals surface area (Å²) in [6.07, 6.45) is 3.96. The van der Waals surface area contributed by atoms with Crippen LogP contribution in [0, 0.1) is 5.92 Å². The van der Waals surface area contributed by atoms with Gasteiger partial charge in [0.1, 0.15) is 0 Å². The van der Waals surface area contributed by atoms with Crippen LogP contribution in [-0.2, 0) is 0 Å². The molecule has 14 heavy (non-hydrogen) atoms. The van der Waals surface area contributed by atoms with Crippen molar-refractivity contribution in [2.75, 3.05) is 6.54 Å². The van der Waals surface area contributed by atoms with E-state index in [4.69, 9.17) is 0 Å². The number of amides is 1. The molecule has 0 aromatic carbocycles. The van der Waals surface area contributed by atoms with Crippen molar-refractivity contribution in [2.24, 2.45) is 5.92 Å². The molecule has 0 atom stereocenters. The van der Waals surface area contributed by atoms with Crippen molar-refractivity contribution in [3.63, 3.8) is 0 Å². The highest BCUT2D eigenvalue weighted by atomic mass is 16.1. The maximum Gasteiger partial charge on any atom is 0.252 e. The Morgan fingerprint density at radius 3 is 2.86 bits per heavy atom. The maximum absolute atomic E-state index is 11.4. The number of hydrogen-bond acceptors (Lipinski definition) is 3. The van der Waals surface area contributed by atoms with Gasteiger partial charge in [-0.1, -0.05) is 13.8 Å². The summed E-state index contributed by atoms with van der Waals surface area (Å²) in [5.74, 6) is 0.520. The summed E-state index contributed by atoms with van der Waals surface area (Å²) in [4.78, 5) is 11.4. The van der Waals surface area contributed by atoms with E-state index in [1.54, 1.807) is 6.07 Å². The second kappa shape index (κ2) is 5.32. The molecule has 76 valence electrons. The fourth-order valence-corrected chi connectivity index (χ4v) is 1.00. The smallest absolute Gasteiger partial charge is 0.252 e. The number of carbonyl (C=O) groups is 1. The summed E-state index contributed by atoms with van der Waals surface area (Å²) in [6, 6.07) is 1.65. The number of rotatable bonds is 4. The van der Waals surface area contributed by atoms with E-state index in [-0.39, 0.29) is 5.91 Å². The fraction of sp³-hybridized carbons (Fsp3) is 0.500. The Hall–Kier alpha value is -1.45. The van der Waals surface area contributed by atoms with Crippen LogP contribution in [0.15, 0.2) is 18.5 Å². The number of hydrogen-bond donors (Lipinski definition) is 1. The largest absolute Gasteiger partial charge is 0.352 e. The molecule has 0 unspecified atom stereocenters. The number of aromatic nitrogens is 2. The highest BCUT2D eigenvalue weighted by Crippen LogP contribution is 1.98. The van der Waals surface area contributed by atoms with Crippen molar-refractivity contribution >= 4 is 5.91 Å². The van der Waals surface area contributed by atoms with Crippen molar-refractivity contribution in [1.82, 2.24) is 15.5 Å². The lowest BCUT2D eigenvalue weighted by Crippen LogP contribution is -2.25. The van der Waals surface area contributed by atoms with Gasteiger partial charge in [0, 0.05) is 6.54 Å². The van der Waals surface area contributed by atoms with Crippen molar-refractivity contribution < 1.29 is 4.79 Å². The van der Waals surface area contributed by atoms with E-state index in [0.29, 0.717) is 18.0 Å². The van der Waals surface area contributed by atoms with Crippen molar-refractivity contribution in [2.45, 2.75) is 20.3 Å². The molecule has 1 rings (SSSR count). The van der Waals surface area contributed by atoms with Crippen LogP contribution in [0.4, 0.5) is 0 Å². The lowest BCUT2D eigenvalue weighted by Gasteiger charge is -2.06. The summed E-state index contributed by atoms with van der Waals surface area (Å²) in [5, 5.41) is 10.1. The molecule has 1 N–H and O–H groups in total. The first-order valence-corrected chi connectivity index (χ1v) is 4.75. The second-order valence-electron chi connectivity index (χ2n) is 3.57. The van der Waals surface area contributed by atoms with Crippen LogP contribution in [0.1, 0.15) is 30.6 Å². The van der Waals surface area contributed by atoms with E-state index < -0.39 is 0 Å². The van der Waals surface area contributed by atoms with Crippen molar-refractivity contribution in [3.05, 3.63) is 24.0 Å². The molecule has 4 heteroatoms. The monoisotopic (exact) mass is 193 g/mol. The molecule has 0 saturated carbocycles. The van der Waals surface area contributed by atoms with E-state index >= 15 is 0 Å². The van der Waals surface area contributed by atoms with Gasteiger partial charge in [-0.3, -0.25) is 4.79 Å². The van der Waals surface area contributed by atoms with Gasteiger partial charge in [0.2, 0.25) is 0 Å². The molecule has 0 spiro atoms. The molecule has 0 saturated heterocycles. The zero-order valence-electron chi connectivity index (χ0n) is 8.53. The molecule has 0 fully saturated rings. The molecule has 1 amide bonds. The third kappa shape index (κ3) is 3.51. The second-order valence-corrected chi connectivity index (χ2v) is 3.57. The minimum absolute atomic E-state index is 0.0828. The van der Waals surface area contributed by atoms with Crippen LogP contribution in [0.3, 0.4) is 0 Å². The van der Waals surface area contributed by atoms with Crippen LogP contribution >= 0.6 is 0 Å². The zero-order chi connectivity index (χ0) is 10.4. The lowest BCUT2D eigenvalue weighted by molar-refractivity contribution is 0.0951. The van der Waals surface area contributed by atoms with Gasteiger partial charge in [0.15, 0.2) is 0 Å². The van der Waals surface area contributed by atoms with Crippen LogP contribution < -0.4 is 5.32 Å². The zero-order valence-corrected chi connectivity index (χ0v) is 8.53. The standard InChI is InChI=1S/C10H15N3O/c1-8(2)3-5-11-10(14)9-4-6-12-13-7-9/h4,6-8H,3,5H2,1-2H3,(H,11,14). The third-order valence-corrected chi connectivity index (χ3v) is 1.85. The van der Waals surface area contributed by atoms with Crippen molar-refractivity contribution in [1.29, 1.82) is 0 Å². The molecule has 0 aliphatic carbocycles. The average molecular weight is 193 g/mol. The van der Waals surface area contributed by atoms with Crippen LogP contribution in [0.2, 0.25) is 0 Å². The molecule has 0 aliphatic heterocycles. The average Bonchev–Trinajstić information content (AvgIpc) is 2.18. The molecule has 0 radical (unpaired) electrons. The van der Waals surface area contributed by atoms with Gasteiger partial charge < -0.3 is 5.32 Å². The third-order valence-electron chi connectivity index (χ3n) is 1.85. The van der Waals surface area contributed by atoms with E-state index in [9.17, 15) is 4.79 Å². The van der Waals surface area contributed by atoms with Gasteiger partial charge in [-0.2, -0.15) is 10.2 Å². The Labute approximate surface area is 83.7 Å². The maximum atomic E-state index is 11.4. The first-order valence-electron chi connectivity index (χ1n) is 4.75. The fourth-order valence-electron chi connectivity index (χ4n) is 1.00. The van der Waals surface area contributed by atoms with Gasteiger partial charge in [-0.25, -0.2) is 0 Å². The molecule has 0 bridgehead atoms. The summed E-state index contributed by atoms with van der Waals surface area (Å²) in [6.45, 7) is 4.96. The Kier molecular flexibility index (Phi) is 4.04. The molecular formula is C10H15N3O. The van der Waals surface area contributed by atoms with E-state index in [2.05, 4.69) is 29.4 Å². The van der Waals surface area contributed by atoms with Gasteiger partial charge in [0.05, 0.1) is 18.0 Å². The number of nitrogens with zero attached hydrogens (tertiary/aromatic N) is 2. The van der Waals surface area contributed by atoms with Gasteiger partial charge in [-0.05, 0) is 18.4 Å². The summed E-state index contributed by atoms with van der Waals surface area (Å²) < 4.78 is 0. The highest BCUT2D eigenvalue weighted by molar-refractivity contribution is 5.93. The van der Waals surface area contributed by atoms with E-state index in [1.807, 2.05) is 0 Å². The minimum atomic E-state index is -0.0828. The lowest BCUT2D eigenvalue weighted by atomic mass is 10.1. The summed E-state index contributed by atoms with van der Waals surface area (Å²) >= 11 is 0. The van der Waals surface area contributed by atoms with Crippen LogP contribution in [-0.4, -0.2) is 22.6 Å². The predicted octanol–water partition coefficient (Wildman–Crippen LogP) is 1.25. The first-order chi connectivity index (χ1) is 6.70. The summed E-state index contributed by atoms with van der Waals surface area (Å²) in [7, 11) is 0. The molecular weight excluding hydrogens is 178 g/mol. The Balaban J connectivity index is 2.36. The normalized spacial score (nSPS) is 10.2. The van der Waals surface area contributed by atoms with Crippen LogP contribution in [0.5, 0.6) is 0 Å². The van der Waals surface area contributed by atoms with Crippen LogP contribution in [0.25, 0.3) is 0 Å². The quantitative estimate of drug-likeness (QED) is 0.783. The molecule has 4 nitrogen and oxygen atoms in total. The van der Waals surface area contributed by atoms with Gasteiger partial charge in [0.25, 0.3) is 5.91 Å². The molecule has 1 aromatic rings. The Bertz CT molecular complexity index is 285. The summed E-state index contributed by atoms with van der Waals surface area (Å²) in [5.41, 5.74) is 0.559. The molecule has 1 aromatic heterocycles. The number of nitrogens with one attached hydrogen (secondary N) is 1. The van der Waals surface area contributed by atoms with E-state index in [0.717, 1.165) is 6.42 Å².